The molecule has 0 spiro atoms. The smallest absolute Gasteiger partial charge is 0.272 e. The van der Waals surface area contributed by atoms with Crippen molar-refractivity contribution in [2.24, 2.45) is 5.92 Å². The van der Waals surface area contributed by atoms with Gasteiger partial charge in [-0.3, -0.25) is 4.68 Å². The van der Waals surface area contributed by atoms with Crippen molar-refractivity contribution in [1.82, 2.24) is 18.8 Å². The first-order valence-electron chi connectivity index (χ1n) is 8.30. The molecule has 2 heterocycles. The Morgan fingerprint density at radius 1 is 1.21 bits per heavy atom. The number of piperidine rings is 1. The lowest BCUT2D eigenvalue weighted by Crippen LogP contribution is -2.45. The molecule has 1 saturated heterocycles. The van der Waals surface area contributed by atoms with Crippen LogP contribution in [0.4, 0.5) is 0 Å². The van der Waals surface area contributed by atoms with Crippen molar-refractivity contribution in [2.75, 3.05) is 13.1 Å². The predicted octanol–water partition coefficient (Wildman–Crippen LogP) is 1.94. The van der Waals surface area contributed by atoms with Crippen molar-refractivity contribution >= 4 is 10.2 Å². The molecular weight excluding hydrogens is 324 g/mol. The maximum atomic E-state index is 12.4. The molecule has 2 aromatic rings. The van der Waals surface area contributed by atoms with E-state index in [9.17, 15) is 8.42 Å². The summed E-state index contributed by atoms with van der Waals surface area (Å²) in [6.45, 7) is 4.34. The van der Waals surface area contributed by atoms with Gasteiger partial charge in [0, 0.05) is 32.4 Å². The molecular formula is C17H24N4O2S. The summed E-state index contributed by atoms with van der Waals surface area (Å²) in [5, 5.41) is 4.31. The summed E-state index contributed by atoms with van der Waals surface area (Å²) in [7, 11) is -3.41. The van der Waals surface area contributed by atoms with Crippen LogP contribution < -0.4 is 4.72 Å². The maximum Gasteiger partial charge on any atom is 0.279 e. The standard InChI is InChI=1S/C17H24N4O2S/c1-15-11-18-20(13-15)14-17-7-9-21(10-8-17)24(22,23)19-12-16-5-3-2-4-6-16/h2-6,11,13,17,19H,7-10,12,14H2,1H3. The van der Waals surface area contributed by atoms with Gasteiger partial charge in [-0.15, -0.1) is 0 Å². The van der Waals surface area contributed by atoms with Crippen LogP contribution in [0.25, 0.3) is 0 Å². The number of benzene rings is 1. The Morgan fingerprint density at radius 3 is 2.54 bits per heavy atom. The fourth-order valence-corrected chi connectivity index (χ4v) is 4.25. The fourth-order valence-electron chi connectivity index (χ4n) is 3.03. The Kier molecular flexibility index (Phi) is 5.33. The van der Waals surface area contributed by atoms with E-state index in [1.165, 1.54) is 0 Å². The van der Waals surface area contributed by atoms with Gasteiger partial charge in [-0.25, -0.2) is 0 Å². The predicted molar refractivity (Wildman–Crippen MR) is 93.5 cm³/mol. The molecule has 3 rings (SSSR count). The Hall–Kier alpha value is -1.70. The molecule has 24 heavy (non-hydrogen) atoms. The summed E-state index contributed by atoms with van der Waals surface area (Å²) >= 11 is 0. The van der Waals surface area contributed by atoms with Crippen LogP contribution in [0, 0.1) is 12.8 Å². The quantitative estimate of drug-likeness (QED) is 0.867. The normalized spacial score (nSPS) is 17.2. The zero-order chi connectivity index (χ0) is 17.0. The number of aryl methyl sites for hydroxylation is 1. The number of aromatic nitrogens is 2. The zero-order valence-corrected chi connectivity index (χ0v) is 14.7. The van der Waals surface area contributed by atoms with Crippen molar-refractivity contribution < 1.29 is 8.42 Å². The van der Waals surface area contributed by atoms with Crippen LogP contribution in [0.2, 0.25) is 0 Å². The van der Waals surface area contributed by atoms with Crippen molar-refractivity contribution in [3.63, 3.8) is 0 Å². The lowest BCUT2D eigenvalue weighted by molar-refractivity contribution is 0.245. The highest BCUT2D eigenvalue weighted by atomic mass is 32.2. The molecule has 0 aliphatic carbocycles. The van der Waals surface area contributed by atoms with Gasteiger partial charge in [0.1, 0.15) is 0 Å². The molecule has 1 aliphatic rings. The molecule has 0 atom stereocenters. The van der Waals surface area contributed by atoms with E-state index in [4.69, 9.17) is 0 Å². The third-order valence-corrected chi connectivity index (χ3v) is 5.98. The second-order valence-corrected chi connectivity index (χ2v) is 8.15. The summed E-state index contributed by atoms with van der Waals surface area (Å²) in [6.07, 6.45) is 5.62. The van der Waals surface area contributed by atoms with Crippen molar-refractivity contribution in [2.45, 2.75) is 32.9 Å². The number of hydrogen-bond donors (Lipinski definition) is 1. The monoisotopic (exact) mass is 348 g/mol. The Morgan fingerprint density at radius 2 is 1.92 bits per heavy atom. The van der Waals surface area contributed by atoms with Crippen molar-refractivity contribution in [1.29, 1.82) is 0 Å². The van der Waals surface area contributed by atoms with E-state index >= 15 is 0 Å². The third kappa shape index (κ3) is 4.43. The van der Waals surface area contributed by atoms with Gasteiger partial charge in [-0.2, -0.15) is 22.5 Å². The lowest BCUT2D eigenvalue weighted by Gasteiger charge is -2.31. The molecule has 0 amide bonds. The zero-order valence-electron chi connectivity index (χ0n) is 13.9. The Balaban J connectivity index is 1.49. The molecule has 0 radical (unpaired) electrons. The molecule has 1 aromatic heterocycles. The minimum Gasteiger partial charge on any atom is -0.272 e. The number of rotatable bonds is 6. The first-order valence-corrected chi connectivity index (χ1v) is 9.75. The van der Waals surface area contributed by atoms with E-state index in [-0.39, 0.29) is 0 Å². The molecule has 130 valence electrons. The lowest BCUT2D eigenvalue weighted by atomic mass is 9.98. The van der Waals surface area contributed by atoms with Gasteiger partial charge in [0.05, 0.1) is 6.20 Å². The van der Waals surface area contributed by atoms with Gasteiger partial charge in [0.2, 0.25) is 0 Å². The molecule has 7 heteroatoms. The van der Waals surface area contributed by atoms with Crippen LogP contribution >= 0.6 is 0 Å². The highest BCUT2D eigenvalue weighted by Crippen LogP contribution is 2.21. The topological polar surface area (TPSA) is 67.2 Å². The van der Waals surface area contributed by atoms with Crippen LogP contribution in [0.15, 0.2) is 42.7 Å². The van der Waals surface area contributed by atoms with E-state index in [1.807, 2.05) is 54.3 Å². The molecule has 1 aliphatic heterocycles. The van der Waals surface area contributed by atoms with Crippen LogP contribution in [0.1, 0.15) is 24.0 Å². The average molecular weight is 348 g/mol. The summed E-state index contributed by atoms with van der Waals surface area (Å²) in [5.74, 6) is 0.477. The third-order valence-electron chi connectivity index (χ3n) is 4.42. The van der Waals surface area contributed by atoms with Gasteiger partial charge in [-0.05, 0) is 36.8 Å². The van der Waals surface area contributed by atoms with Crippen LogP contribution in [-0.4, -0.2) is 35.6 Å². The van der Waals surface area contributed by atoms with Crippen molar-refractivity contribution in [3.05, 3.63) is 53.9 Å². The number of nitrogens with one attached hydrogen (secondary N) is 1. The van der Waals surface area contributed by atoms with E-state index in [0.29, 0.717) is 25.6 Å². The Labute approximate surface area is 143 Å². The van der Waals surface area contributed by atoms with Crippen LogP contribution in [-0.2, 0) is 23.3 Å². The molecule has 0 saturated carbocycles. The molecule has 1 N–H and O–H groups in total. The van der Waals surface area contributed by atoms with E-state index in [0.717, 1.165) is 30.5 Å². The highest BCUT2D eigenvalue weighted by Gasteiger charge is 2.27. The van der Waals surface area contributed by atoms with E-state index in [1.54, 1.807) is 4.31 Å². The largest absolute Gasteiger partial charge is 0.279 e. The fraction of sp³-hybridized carbons (Fsp3) is 0.471. The summed E-state index contributed by atoms with van der Waals surface area (Å²) < 4.78 is 31.1. The summed E-state index contributed by atoms with van der Waals surface area (Å²) in [4.78, 5) is 0. The Bertz CT molecular complexity index is 750. The summed E-state index contributed by atoms with van der Waals surface area (Å²) in [6, 6.07) is 9.57. The molecule has 0 unspecified atom stereocenters. The van der Waals surface area contributed by atoms with E-state index < -0.39 is 10.2 Å². The molecule has 0 bridgehead atoms. The van der Waals surface area contributed by atoms with Gasteiger partial charge in [0.25, 0.3) is 10.2 Å². The van der Waals surface area contributed by atoms with Gasteiger partial charge in [0.15, 0.2) is 0 Å². The van der Waals surface area contributed by atoms with Crippen LogP contribution in [0.3, 0.4) is 0 Å². The highest BCUT2D eigenvalue weighted by molar-refractivity contribution is 7.87. The average Bonchev–Trinajstić information content (AvgIpc) is 2.99. The first kappa shape index (κ1) is 17.1. The second kappa shape index (κ2) is 7.46. The van der Waals surface area contributed by atoms with Crippen molar-refractivity contribution in [3.8, 4) is 0 Å². The molecule has 1 aromatic carbocycles. The minimum atomic E-state index is -3.41. The van der Waals surface area contributed by atoms with E-state index in [2.05, 4.69) is 9.82 Å². The maximum absolute atomic E-state index is 12.4. The second-order valence-electron chi connectivity index (χ2n) is 6.39. The van der Waals surface area contributed by atoms with Gasteiger partial charge in [-0.1, -0.05) is 30.3 Å². The number of nitrogens with zero attached hydrogens (tertiary/aromatic N) is 3. The molecule has 6 nitrogen and oxygen atoms in total. The van der Waals surface area contributed by atoms with Crippen LogP contribution in [0.5, 0.6) is 0 Å². The van der Waals surface area contributed by atoms with Gasteiger partial charge < -0.3 is 0 Å². The van der Waals surface area contributed by atoms with Gasteiger partial charge >= 0.3 is 0 Å². The molecule has 1 fully saturated rings. The SMILES string of the molecule is Cc1cnn(CC2CCN(S(=O)(=O)NCc3ccccc3)CC2)c1. The first-order chi connectivity index (χ1) is 11.5. The summed E-state index contributed by atoms with van der Waals surface area (Å²) in [5.41, 5.74) is 2.12. The number of hydrogen-bond acceptors (Lipinski definition) is 3. The minimum absolute atomic E-state index is 0.329.